The van der Waals surface area contributed by atoms with E-state index in [1.54, 1.807) is 44.5 Å². The van der Waals surface area contributed by atoms with Crippen molar-refractivity contribution >= 4 is 22.7 Å². The van der Waals surface area contributed by atoms with Crippen LogP contribution in [0.3, 0.4) is 0 Å². The number of thiophene rings is 2. The van der Waals surface area contributed by atoms with Crippen molar-refractivity contribution in [2.45, 2.75) is 224 Å². The van der Waals surface area contributed by atoms with Crippen molar-refractivity contribution in [2.24, 2.45) is 5.92 Å². The molecule has 0 saturated carbocycles. The van der Waals surface area contributed by atoms with Crippen molar-refractivity contribution in [2.75, 3.05) is 0 Å². The highest BCUT2D eigenvalue weighted by atomic mass is 32.1. The smallest absolute Gasteiger partial charge is 0.0449 e. The molecule has 2 aromatic heterocycles. The maximum Gasteiger partial charge on any atom is 0.0449 e. The van der Waals surface area contributed by atoms with Gasteiger partial charge in [0.15, 0.2) is 0 Å². The molecule has 0 radical (unpaired) electrons. The molecule has 0 saturated heterocycles. The van der Waals surface area contributed by atoms with E-state index < -0.39 is 0 Å². The van der Waals surface area contributed by atoms with Gasteiger partial charge in [-0.25, -0.2) is 0 Å². The van der Waals surface area contributed by atoms with Crippen LogP contribution >= 0.6 is 22.7 Å². The molecule has 94 heavy (non-hydrogen) atoms. The Morgan fingerprint density at radius 2 is 0.606 bits per heavy atom. The fraction of sp³-hybridized carbons (Fsp3) is 0.391. The van der Waals surface area contributed by atoms with E-state index >= 15 is 0 Å². The highest BCUT2D eigenvalue weighted by Crippen LogP contribution is 2.67. The lowest BCUT2D eigenvalue weighted by molar-refractivity contribution is 0.374. The second kappa shape index (κ2) is 26.3. The van der Waals surface area contributed by atoms with Crippen LogP contribution in [-0.2, 0) is 21.7 Å². The number of unbranched alkanes of at least 4 members (excludes halogenated alkanes) is 6. The first-order valence-corrected chi connectivity index (χ1v) is 39.1. The Morgan fingerprint density at radius 1 is 0.298 bits per heavy atom. The lowest BCUT2D eigenvalue weighted by Gasteiger charge is -2.40. The molecule has 480 valence electrons. The molecule has 0 fully saturated rings. The molecule has 2 heterocycles. The van der Waals surface area contributed by atoms with Crippen molar-refractivity contribution < 1.29 is 0 Å². The molecule has 5 aliphatic rings. The normalized spacial score (nSPS) is 19.0. The zero-order valence-corrected chi connectivity index (χ0v) is 59.3. The van der Waals surface area contributed by atoms with Gasteiger partial charge in [-0.05, 0) is 228 Å². The summed E-state index contributed by atoms with van der Waals surface area (Å²) < 4.78 is 0. The number of benzene rings is 8. The fourth-order valence-electron chi connectivity index (χ4n) is 19.6. The predicted molar refractivity (Wildman–Crippen MR) is 408 cm³/mol. The molecule has 15 rings (SSSR count). The molecule has 3 unspecified atom stereocenters. The van der Waals surface area contributed by atoms with Gasteiger partial charge in [-0.15, -0.1) is 22.7 Å². The van der Waals surface area contributed by atoms with Gasteiger partial charge in [0.2, 0.25) is 0 Å². The summed E-state index contributed by atoms with van der Waals surface area (Å²) in [6.07, 6.45) is 29.5. The lowest BCUT2D eigenvalue weighted by atomic mass is 9.63. The summed E-state index contributed by atoms with van der Waals surface area (Å²) >= 11 is 4.01. The second-order valence-electron chi connectivity index (χ2n) is 29.8. The van der Waals surface area contributed by atoms with E-state index in [1.807, 2.05) is 22.7 Å². The van der Waals surface area contributed by atoms with Gasteiger partial charge in [0, 0.05) is 41.2 Å². The molecular formula is C92H100S2. The highest BCUT2D eigenvalue weighted by Gasteiger charge is 2.54. The molecule has 0 bridgehead atoms. The van der Waals surface area contributed by atoms with Crippen LogP contribution in [-0.4, -0.2) is 0 Å². The largest absolute Gasteiger partial charge is 0.134 e. The third-order valence-electron chi connectivity index (χ3n) is 24.2. The van der Waals surface area contributed by atoms with Gasteiger partial charge < -0.3 is 0 Å². The minimum absolute atomic E-state index is 0.0141. The van der Waals surface area contributed by atoms with Gasteiger partial charge in [-0.1, -0.05) is 285 Å². The van der Waals surface area contributed by atoms with Gasteiger partial charge in [-0.3, -0.25) is 0 Å². The minimum atomic E-state index is -0.0524. The van der Waals surface area contributed by atoms with E-state index in [2.05, 4.69) is 230 Å². The summed E-state index contributed by atoms with van der Waals surface area (Å²) in [6, 6.07) is 73.2. The average molecular weight is 1270 g/mol. The molecular weight excluding hydrogens is 1170 g/mol. The van der Waals surface area contributed by atoms with Crippen LogP contribution in [0.4, 0.5) is 0 Å². The molecule has 3 atom stereocenters. The van der Waals surface area contributed by atoms with Crippen LogP contribution in [0.25, 0.3) is 97.4 Å². The first-order chi connectivity index (χ1) is 46.2. The Labute approximate surface area is 572 Å². The maximum atomic E-state index is 2.72. The monoisotopic (exact) mass is 1270 g/mol. The van der Waals surface area contributed by atoms with Crippen LogP contribution < -0.4 is 0 Å². The molecule has 0 aliphatic heterocycles. The molecule has 0 N–H and O–H groups in total. The Kier molecular flexibility index (Phi) is 17.7. The third-order valence-corrected chi connectivity index (χ3v) is 26.7. The third kappa shape index (κ3) is 10.4. The minimum Gasteiger partial charge on any atom is -0.134 e. The zero-order valence-electron chi connectivity index (χ0n) is 57.7. The Bertz CT molecular complexity index is 4370. The van der Waals surface area contributed by atoms with Gasteiger partial charge in [-0.2, -0.15) is 0 Å². The standard InChI is InChI=1S/C92H100S2/c1-8-14-50-89(51-15-9-2)77-58-65(63-30-22-20-23-31-63)34-38-69(77)73-42-44-75-71-40-36-67(60-79(71)90(52-16-10-3,53-17-11-4)86(75)85(73)89)81-46-48-83(93-81)84-49-47-82(94-84)68-37-41-72-76-45-43-74-70-39-35-66(64-32-24-21-25-33-64)59-78(70)91(54-18-12-5)56-26-28-62(7)29-27-57-92(55-19-13-6,80(72)61-68)88(76)87(74)91/h20-25,30-49,58-62H,8-19,26-29,50-57H2,1-7H3. The van der Waals surface area contributed by atoms with Crippen molar-refractivity contribution in [1.82, 2.24) is 0 Å². The van der Waals surface area contributed by atoms with Crippen LogP contribution in [0.2, 0.25) is 0 Å². The molecule has 5 aliphatic carbocycles. The fourth-order valence-corrected chi connectivity index (χ4v) is 21.7. The Balaban J connectivity index is 0.805. The van der Waals surface area contributed by atoms with E-state index in [0.717, 1.165) is 5.92 Å². The molecule has 0 nitrogen and oxygen atoms in total. The summed E-state index contributed by atoms with van der Waals surface area (Å²) in [7, 11) is 0. The summed E-state index contributed by atoms with van der Waals surface area (Å²) in [5, 5.41) is 0. The second-order valence-corrected chi connectivity index (χ2v) is 31.9. The van der Waals surface area contributed by atoms with E-state index in [4.69, 9.17) is 0 Å². The summed E-state index contributed by atoms with van der Waals surface area (Å²) in [5.74, 6) is 0.725. The van der Waals surface area contributed by atoms with Crippen LogP contribution in [0, 0.1) is 5.92 Å². The van der Waals surface area contributed by atoms with Crippen LogP contribution in [0.1, 0.15) is 247 Å². The first-order valence-electron chi connectivity index (χ1n) is 37.4. The van der Waals surface area contributed by atoms with Gasteiger partial charge in [0.05, 0.1) is 0 Å². The maximum absolute atomic E-state index is 2.72. The molecule has 8 aromatic carbocycles. The first kappa shape index (κ1) is 63.2. The Morgan fingerprint density at radius 3 is 1.00 bits per heavy atom. The topological polar surface area (TPSA) is 0 Å². The average Bonchev–Trinajstić information content (AvgIpc) is 1.52. The molecule has 2 heteroatoms. The number of rotatable bonds is 23. The number of fused-ring (bicyclic) bond motifs is 13. The van der Waals surface area contributed by atoms with E-state index in [-0.39, 0.29) is 21.7 Å². The predicted octanol–water partition coefficient (Wildman–Crippen LogP) is 28.3. The van der Waals surface area contributed by atoms with E-state index in [9.17, 15) is 0 Å². The van der Waals surface area contributed by atoms with Crippen LogP contribution in [0.15, 0.2) is 182 Å². The zero-order chi connectivity index (χ0) is 64.2. The summed E-state index contributed by atoms with van der Waals surface area (Å²) in [6.45, 7) is 17.1. The van der Waals surface area contributed by atoms with Crippen LogP contribution in [0.5, 0.6) is 0 Å². The van der Waals surface area contributed by atoms with Crippen molar-refractivity contribution in [3.8, 4) is 97.4 Å². The van der Waals surface area contributed by atoms with Crippen molar-refractivity contribution in [3.05, 3.63) is 226 Å². The summed E-state index contributed by atoms with van der Waals surface area (Å²) in [5.41, 5.74) is 33.3. The molecule has 10 aromatic rings. The van der Waals surface area contributed by atoms with Gasteiger partial charge in [0.1, 0.15) is 0 Å². The summed E-state index contributed by atoms with van der Waals surface area (Å²) in [4.78, 5) is 5.51. The van der Waals surface area contributed by atoms with Crippen molar-refractivity contribution in [3.63, 3.8) is 0 Å². The van der Waals surface area contributed by atoms with Crippen molar-refractivity contribution in [1.29, 1.82) is 0 Å². The molecule has 0 spiro atoms. The van der Waals surface area contributed by atoms with E-state index in [0.29, 0.717) is 0 Å². The lowest BCUT2D eigenvalue weighted by Crippen LogP contribution is -2.33. The SMILES string of the molecule is CCCCC1(CCCC)c2cc(-c3ccccc3)ccc2-c2ccc3c(c21)C(CCCC)(CCCC)c1cc(-c2ccc(-c4ccc(-c5ccc6c(c5)C5(CCCC)CCCC(C)CCCC7(CCCC)c8cc(-c9ccccc9)ccc8-c8ccc-6c5c87)s4)s2)ccc1-3. The Hall–Kier alpha value is -6.84. The number of hydrogen-bond acceptors (Lipinski definition) is 2. The number of hydrogen-bond donors (Lipinski definition) is 0. The quantitative estimate of drug-likeness (QED) is 0.0599. The van der Waals surface area contributed by atoms with E-state index in [1.165, 1.54) is 251 Å². The van der Waals surface area contributed by atoms with Gasteiger partial charge in [0.25, 0.3) is 0 Å². The highest BCUT2D eigenvalue weighted by molar-refractivity contribution is 7.25. The molecule has 0 amide bonds. The van der Waals surface area contributed by atoms with Gasteiger partial charge >= 0.3 is 0 Å².